The van der Waals surface area contributed by atoms with Crippen LogP contribution in [0.25, 0.3) is 10.2 Å². The van der Waals surface area contributed by atoms with Gasteiger partial charge in [0, 0.05) is 31.0 Å². The van der Waals surface area contributed by atoms with E-state index in [0.29, 0.717) is 15.4 Å². The first-order chi connectivity index (χ1) is 17.8. The van der Waals surface area contributed by atoms with Crippen molar-refractivity contribution in [1.82, 2.24) is 14.3 Å². The third-order valence-corrected chi connectivity index (χ3v) is 9.73. The fraction of sp³-hybridized carbons (Fsp3) is 0.296. The summed E-state index contributed by atoms with van der Waals surface area (Å²) < 4.78 is 42.9. The highest BCUT2D eigenvalue weighted by molar-refractivity contribution is 7.89. The molecule has 7 nitrogen and oxygen atoms in total. The van der Waals surface area contributed by atoms with E-state index >= 15 is 0 Å². The number of hydrogen-bond acceptors (Lipinski definition) is 6. The van der Waals surface area contributed by atoms with Gasteiger partial charge in [-0.05, 0) is 60.9 Å². The van der Waals surface area contributed by atoms with E-state index in [4.69, 9.17) is 0 Å². The number of benzene rings is 2. The molecule has 192 valence electrons. The first-order valence-corrected chi connectivity index (χ1v) is 14.4. The number of hydrogen-bond donors (Lipinski definition) is 0. The average molecular weight is 539 g/mol. The zero-order valence-corrected chi connectivity index (χ0v) is 22.0. The number of aromatic nitrogens is 2. The lowest BCUT2D eigenvalue weighted by molar-refractivity contribution is 0.0985. The summed E-state index contributed by atoms with van der Waals surface area (Å²) in [6.07, 6.45) is 8.22. The van der Waals surface area contributed by atoms with Crippen molar-refractivity contribution in [2.24, 2.45) is 0 Å². The molecule has 0 saturated heterocycles. The molecule has 0 N–H and O–H groups in total. The molecule has 1 aliphatic rings. The van der Waals surface area contributed by atoms with Gasteiger partial charge < -0.3 is 0 Å². The number of thiazole rings is 1. The van der Waals surface area contributed by atoms with Crippen LogP contribution in [-0.4, -0.2) is 41.7 Å². The molecule has 37 heavy (non-hydrogen) atoms. The summed E-state index contributed by atoms with van der Waals surface area (Å²) in [6.45, 7) is 0.179. The topological polar surface area (TPSA) is 83.5 Å². The van der Waals surface area contributed by atoms with Crippen LogP contribution in [-0.2, 0) is 16.6 Å². The molecule has 0 atom stereocenters. The predicted molar refractivity (Wildman–Crippen MR) is 143 cm³/mol. The molecule has 5 rings (SSSR count). The van der Waals surface area contributed by atoms with Gasteiger partial charge in [0.1, 0.15) is 11.3 Å². The molecule has 2 aromatic heterocycles. The monoisotopic (exact) mass is 538 g/mol. The number of nitrogens with zero attached hydrogens (tertiary/aromatic N) is 4. The molecule has 0 radical (unpaired) electrons. The van der Waals surface area contributed by atoms with Gasteiger partial charge in [0.2, 0.25) is 10.0 Å². The van der Waals surface area contributed by atoms with Crippen molar-refractivity contribution >= 4 is 42.6 Å². The number of fused-ring (bicyclic) bond motifs is 1. The number of carbonyl (C=O) groups is 1. The first kappa shape index (κ1) is 25.4. The number of para-hydroxylation sites is 1. The summed E-state index contributed by atoms with van der Waals surface area (Å²) >= 11 is 1.22. The molecular formula is C27H27FN4O3S2. The number of anilines is 1. The van der Waals surface area contributed by atoms with Crippen LogP contribution < -0.4 is 4.90 Å². The number of amides is 1. The Bertz CT molecular complexity index is 1500. The number of halogens is 1. The minimum atomic E-state index is -3.68. The summed E-state index contributed by atoms with van der Waals surface area (Å²) in [7, 11) is -2.04. The lowest BCUT2D eigenvalue weighted by Crippen LogP contribution is -2.38. The van der Waals surface area contributed by atoms with E-state index in [-0.39, 0.29) is 28.9 Å². The minimum Gasteiger partial charge on any atom is -0.279 e. The van der Waals surface area contributed by atoms with Crippen molar-refractivity contribution in [2.75, 3.05) is 11.9 Å². The smallest absolute Gasteiger partial charge is 0.260 e. The molecule has 0 unspecified atom stereocenters. The maximum atomic E-state index is 14.3. The van der Waals surface area contributed by atoms with Gasteiger partial charge in [-0.15, -0.1) is 0 Å². The molecule has 0 bridgehead atoms. The summed E-state index contributed by atoms with van der Waals surface area (Å²) in [5.41, 5.74) is 1.30. The Labute approximate surface area is 219 Å². The summed E-state index contributed by atoms with van der Waals surface area (Å²) in [4.78, 5) is 23.8. The summed E-state index contributed by atoms with van der Waals surface area (Å²) in [5.74, 6) is -0.821. The number of rotatable bonds is 7. The number of pyridine rings is 1. The third kappa shape index (κ3) is 5.27. The normalized spacial score (nSPS) is 14.8. The Morgan fingerprint density at radius 3 is 2.49 bits per heavy atom. The van der Waals surface area contributed by atoms with E-state index < -0.39 is 15.8 Å². The summed E-state index contributed by atoms with van der Waals surface area (Å²) in [5, 5.41) is 0.350. The van der Waals surface area contributed by atoms with Gasteiger partial charge >= 0.3 is 0 Å². The van der Waals surface area contributed by atoms with E-state index in [1.54, 1.807) is 37.6 Å². The van der Waals surface area contributed by atoms with Gasteiger partial charge in [-0.1, -0.05) is 42.7 Å². The molecule has 2 heterocycles. The molecule has 10 heteroatoms. The van der Waals surface area contributed by atoms with Gasteiger partial charge in [-0.2, -0.15) is 4.31 Å². The van der Waals surface area contributed by atoms with Crippen LogP contribution in [0.2, 0.25) is 0 Å². The molecule has 4 aromatic rings. The maximum absolute atomic E-state index is 14.3. The van der Waals surface area contributed by atoms with E-state index in [0.717, 1.165) is 37.7 Å². The maximum Gasteiger partial charge on any atom is 0.260 e. The molecule has 0 aliphatic heterocycles. The molecular weight excluding hydrogens is 511 g/mol. The van der Waals surface area contributed by atoms with Crippen molar-refractivity contribution < 1.29 is 17.6 Å². The fourth-order valence-corrected chi connectivity index (χ4v) is 7.05. The molecule has 1 fully saturated rings. The summed E-state index contributed by atoms with van der Waals surface area (Å²) in [6, 6.07) is 14.3. The second-order valence-electron chi connectivity index (χ2n) is 9.17. The van der Waals surface area contributed by atoms with E-state index in [9.17, 15) is 17.6 Å². The number of sulfonamides is 1. The molecule has 1 saturated carbocycles. The second-order valence-corrected chi connectivity index (χ2v) is 12.2. The second kappa shape index (κ2) is 10.6. The van der Waals surface area contributed by atoms with Gasteiger partial charge in [-0.25, -0.2) is 17.8 Å². The van der Waals surface area contributed by atoms with Gasteiger partial charge in [0.15, 0.2) is 5.13 Å². The quantitative estimate of drug-likeness (QED) is 0.305. The van der Waals surface area contributed by atoms with Crippen LogP contribution in [0, 0.1) is 5.82 Å². The Balaban J connectivity index is 1.45. The fourth-order valence-electron chi connectivity index (χ4n) is 4.65. The van der Waals surface area contributed by atoms with Crippen molar-refractivity contribution in [3.8, 4) is 0 Å². The van der Waals surface area contributed by atoms with E-state index in [1.165, 1.54) is 50.9 Å². The Hall–Kier alpha value is -3.21. The van der Waals surface area contributed by atoms with Gasteiger partial charge in [0.05, 0.1) is 16.1 Å². The Morgan fingerprint density at radius 2 is 1.81 bits per heavy atom. The highest BCUT2D eigenvalue weighted by Crippen LogP contribution is 2.32. The lowest BCUT2D eigenvalue weighted by atomic mass is 9.96. The van der Waals surface area contributed by atoms with Crippen molar-refractivity contribution in [1.29, 1.82) is 0 Å². The largest absolute Gasteiger partial charge is 0.279 e. The molecule has 1 amide bonds. The zero-order valence-electron chi connectivity index (χ0n) is 20.4. The van der Waals surface area contributed by atoms with Crippen molar-refractivity contribution in [3.63, 3.8) is 0 Å². The molecule has 1 aliphatic carbocycles. The highest BCUT2D eigenvalue weighted by atomic mass is 32.2. The van der Waals surface area contributed by atoms with Gasteiger partial charge in [-0.3, -0.25) is 14.7 Å². The molecule has 0 spiro atoms. The number of carbonyl (C=O) groups excluding carboxylic acids is 1. The van der Waals surface area contributed by atoms with E-state index in [2.05, 4.69) is 9.97 Å². The van der Waals surface area contributed by atoms with Gasteiger partial charge in [0.25, 0.3) is 5.91 Å². The zero-order chi connectivity index (χ0) is 26.0. The highest BCUT2D eigenvalue weighted by Gasteiger charge is 2.29. The van der Waals surface area contributed by atoms with Crippen LogP contribution in [0.4, 0.5) is 9.52 Å². The van der Waals surface area contributed by atoms with Crippen molar-refractivity contribution in [2.45, 2.75) is 49.6 Å². The SMILES string of the molecule is CN(C1CCCCC1)S(=O)(=O)c1ccc(C(=O)N(Cc2cccnc2)c2nc3c(F)cccc3s2)cc1. The first-order valence-electron chi connectivity index (χ1n) is 12.2. The minimum absolute atomic E-state index is 0.00513. The van der Waals surface area contributed by atoms with Crippen LogP contribution >= 0.6 is 11.3 Å². The predicted octanol–water partition coefficient (Wildman–Crippen LogP) is 5.63. The lowest BCUT2D eigenvalue weighted by Gasteiger charge is -2.30. The Kier molecular flexibility index (Phi) is 7.32. The standard InChI is InChI=1S/C27H27FN4O3S2/c1-31(21-8-3-2-4-9-21)37(34,35)22-14-12-20(13-15-22)26(33)32(18-19-7-6-16-29-17-19)27-30-25-23(28)10-5-11-24(25)36-27/h5-7,10-17,21H,2-4,8-9,18H2,1H3. The average Bonchev–Trinajstić information content (AvgIpc) is 3.37. The van der Waals surface area contributed by atoms with Crippen LogP contribution in [0.3, 0.4) is 0 Å². The molecule has 2 aromatic carbocycles. The van der Waals surface area contributed by atoms with Crippen molar-refractivity contribution in [3.05, 3.63) is 83.9 Å². The van der Waals surface area contributed by atoms with E-state index in [1.807, 2.05) is 6.07 Å². The van der Waals surface area contributed by atoms with Crippen LogP contribution in [0.1, 0.15) is 48.0 Å². The van der Waals surface area contributed by atoms with Crippen LogP contribution in [0.15, 0.2) is 71.9 Å². The Morgan fingerprint density at radius 1 is 1.05 bits per heavy atom. The van der Waals surface area contributed by atoms with Crippen LogP contribution in [0.5, 0.6) is 0 Å². The third-order valence-electron chi connectivity index (χ3n) is 6.77.